The molecular formula is C24H29N3O2S2. The summed E-state index contributed by atoms with van der Waals surface area (Å²) in [7, 11) is -3.50. The maximum atomic E-state index is 13.3. The summed E-state index contributed by atoms with van der Waals surface area (Å²) in [5.74, 6) is 0. The highest BCUT2D eigenvalue weighted by atomic mass is 32.2. The van der Waals surface area contributed by atoms with Gasteiger partial charge in [-0.05, 0) is 44.4 Å². The molecule has 0 radical (unpaired) electrons. The van der Waals surface area contributed by atoms with E-state index in [0.29, 0.717) is 31.1 Å². The van der Waals surface area contributed by atoms with Crippen molar-refractivity contribution in [1.29, 1.82) is 0 Å². The summed E-state index contributed by atoms with van der Waals surface area (Å²) in [6.45, 7) is 10.1. The molecule has 0 spiro atoms. The van der Waals surface area contributed by atoms with Crippen molar-refractivity contribution in [2.45, 2.75) is 39.0 Å². The van der Waals surface area contributed by atoms with Crippen LogP contribution in [0.5, 0.6) is 0 Å². The molecule has 1 saturated heterocycles. The van der Waals surface area contributed by atoms with Crippen molar-refractivity contribution in [3.63, 3.8) is 0 Å². The maximum absolute atomic E-state index is 13.3. The van der Waals surface area contributed by atoms with Gasteiger partial charge in [-0.2, -0.15) is 4.31 Å². The molecule has 1 fully saturated rings. The van der Waals surface area contributed by atoms with E-state index in [1.165, 1.54) is 11.1 Å². The first-order valence-electron chi connectivity index (χ1n) is 10.6. The first-order valence-corrected chi connectivity index (χ1v) is 12.9. The van der Waals surface area contributed by atoms with Crippen LogP contribution < -0.4 is 4.90 Å². The minimum atomic E-state index is -3.50. The lowest BCUT2D eigenvalue weighted by Crippen LogP contribution is -2.48. The molecule has 0 saturated carbocycles. The fourth-order valence-electron chi connectivity index (χ4n) is 4.26. The number of nitrogens with zero attached hydrogens (tertiary/aromatic N) is 3. The van der Waals surface area contributed by atoms with E-state index in [0.717, 1.165) is 33.9 Å². The molecule has 0 unspecified atom stereocenters. The van der Waals surface area contributed by atoms with Gasteiger partial charge in [0.15, 0.2) is 5.13 Å². The molecule has 2 heterocycles. The summed E-state index contributed by atoms with van der Waals surface area (Å²) in [4.78, 5) is 7.47. The van der Waals surface area contributed by atoms with Crippen LogP contribution in [-0.4, -0.2) is 43.9 Å². The molecule has 5 nitrogen and oxygen atoms in total. The van der Waals surface area contributed by atoms with Crippen LogP contribution in [0.25, 0.3) is 0 Å². The van der Waals surface area contributed by atoms with E-state index in [1.807, 2.05) is 32.9 Å². The van der Waals surface area contributed by atoms with E-state index in [4.69, 9.17) is 4.98 Å². The zero-order valence-electron chi connectivity index (χ0n) is 18.6. The van der Waals surface area contributed by atoms with Crippen LogP contribution in [0.15, 0.2) is 46.7 Å². The van der Waals surface area contributed by atoms with Gasteiger partial charge in [-0.1, -0.05) is 47.5 Å². The third-order valence-electron chi connectivity index (χ3n) is 5.76. The molecular weight excluding hydrogens is 426 g/mol. The number of hydrogen-bond donors (Lipinski definition) is 0. The normalized spacial score (nSPS) is 15.4. The maximum Gasteiger partial charge on any atom is 0.243 e. The summed E-state index contributed by atoms with van der Waals surface area (Å²) < 4.78 is 28.2. The molecule has 0 aliphatic carbocycles. The second-order valence-electron chi connectivity index (χ2n) is 8.40. The molecule has 31 heavy (non-hydrogen) atoms. The molecule has 0 bridgehead atoms. The Morgan fingerprint density at radius 1 is 0.903 bits per heavy atom. The molecule has 0 amide bonds. The number of thiazole rings is 1. The lowest BCUT2D eigenvalue weighted by Gasteiger charge is -2.34. The minimum Gasteiger partial charge on any atom is -0.345 e. The van der Waals surface area contributed by atoms with Crippen LogP contribution in [0.4, 0.5) is 5.13 Å². The average Bonchev–Trinajstić information content (AvgIpc) is 3.17. The predicted octanol–water partition coefficient (Wildman–Crippen LogP) is 4.48. The van der Waals surface area contributed by atoms with Crippen molar-refractivity contribution in [2.75, 3.05) is 31.1 Å². The van der Waals surface area contributed by atoms with Gasteiger partial charge in [-0.15, -0.1) is 11.3 Å². The van der Waals surface area contributed by atoms with E-state index in [2.05, 4.69) is 41.5 Å². The van der Waals surface area contributed by atoms with Crippen molar-refractivity contribution in [1.82, 2.24) is 9.29 Å². The zero-order valence-corrected chi connectivity index (χ0v) is 20.2. The third kappa shape index (κ3) is 4.68. The summed E-state index contributed by atoms with van der Waals surface area (Å²) in [5.41, 5.74) is 6.30. The van der Waals surface area contributed by atoms with Gasteiger partial charge in [-0.25, -0.2) is 13.4 Å². The molecule has 0 N–H and O–H groups in total. The Morgan fingerprint density at radius 3 is 2.13 bits per heavy atom. The van der Waals surface area contributed by atoms with Gasteiger partial charge >= 0.3 is 0 Å². The van der Waals surface area contributed by atoms with Crippen molar-refractivity contribution in [2.24, 2.45) is 0 Å². The number of hydrogen-bond acceptors (Lipinski definition) is 5. The van der Waals surface area contributed by atoms with Crippen molar-refractivity contribution < 1.29 is 8.42 Å². The Labute approximate surface area is 189 Å². The predicted molar refractivity (Wildman–Crippen MR) is 128 cm³/mol. The fourth-order valence-corrected chi connectivity index (χ4v) is 6.97. The van der Waals surface area contributed by atoms with Gasteiger partial charge in [0.25, 0.3) is 0 Å². The smallest absolute Gasteiger partial charge is 0.243 e. The average molecular weight is 456 g/mol. The lowest BCUT2D eigenvalue weighted by molar-refractivity contribution is 0.384. The molecule has 7 heteroatoms. The summed E-state index contributed by atoms with van der Waals surface area (Å²) >= 11 is 1.64. The molecule has 0 atom stereocenters. The second-order valence-corrected chi connectivity index (χ2v) is 11.1. The topological polar surface area (TPSA) is 53.5 Å². The SMILES string of the molecule is Cc1ccc(Cc2csc(N3CCN(S(=O)(=O)c4c(C)cc(C)cc4C)CC3)n2)cc1. The van der Waals surface area contributed by atoms with E-state index in [9.17, 15) is 8.42 Å². The first-order chi connectivity index (χ1) is 14.7. The van der Waals surface area contributed by atoms with Crippen LogP contribution >= 0.6 is 11.3 Å². The monoisotopic (exact) mass is 455 g/mol. The lowest BCUT2D eigenvalue weighted by atomic mass is 10.1. The van der Waals surface area contributed by atoms with E-state index >= 15 is 0 Å². The molecule has 164 valence electrons. The molecule has 2 aromatic carbocycles. The number of aromatic nitrogens is 1. The standard InChI is InChI=1S/C24H29N3O2S2/c1-17-5-7-21(8-6-17)15-22-16-30-24(25-22)26-9-11-27(12-10-26)31(28,29)23-19(3)13-18(2)14-20(23)4/h5-8,13-14,16H,9-12,15H2,1-4H3. The Bertz CT molecular complexity index is 1150. The van der Waals surface area contributed by atoms with E-state index < -0.39 is 10.0 Å². The molecule has 4 rings (SSSR count). The van der Waals surface area contributed by atoms with Gasteiger partial charge in [0.05, 0.1) is 10.6 Å². The van der Waals surface area contributed by atoms with Crippen molar-refractivity contribution in [3.8, 4) is 0 Å². The highest BCUT2D eigenvalue weighted by Gasteiger charge is 2.31. The minimum absolute atomic E-state index is 0.459. The first kappa shape index (κ1) is 22.0. The second kappa shape index (κ2) is 8.73. The number of anilines is 1. The Kier molecular flexibility index (Phi) is 6.19. The summed E-state index contributed by atoms with van der Waals surface area (Å²) in [6.07, 6.45) is 0.817. The Morgan fingerprint density at radius 2 is 1.52 bits per heavy atom. The van der Waals surface area contributed by atoms with Crippen LogP contribution in [-0.2, 0) is 16.4 Å². The molecule has 3 aromatic rings. The van der Waals surface area contributed by atoms with Crippen LogP contribution in [0.3, 0.4) is 0 Å². The molecule has 1 aliphatic heterocycles. The van der Waals surface area contributed by atoms with Crippen molar-refractivity contribution >= 4 is 26.5 Å². The number of sulfonamides is 1. The highest BCUT2D eigenvalue weighted by molar-refractivity contribution is 7.89. The number of piperazine rings is 1. The quantitative estimate of drug-likeness (QED) is 0.569. The Hall–Kier alpha value is -2.22. The number of rotatable bonds is 5. The van der Waals surface area contributed by atoms with Gasteiger partial charge in [0.2, 0.25) is 10.0 Å². The summed E-state index contributed by atoms with van der Waals surface area (Å²) in [6, 6.07) is 12.4. The zero-order chi connectivity index (χ0) is 22.2. The van der Waals surface area contributed by atoms with Crippen LogP contribution in [0, 0.1) is 27.7 Å². The van der Waals surface area contributed by atoms with E-state index in [-0.39, 0.29) is 0 Å². The van der Waals surface area contributed by atoms with Crippen LogP contribution in [0.1, 0.15) is 33.5 Å². The molecule has 1 aromatic heterocycles. The number of benzene rings is 2. The third-order valence-corrected chi connectivity index (χ3v) is 8.91. The number of aryl methyl sites for hydroxylation is 4. The van der Waals surface area contributed by atoms with Gasteiger partial charge in [-0.3, -0.25) is 0 Å². The summed E-state index contributed by atoms with van der Waals surface area (Å²) in [5, 5.41) is 3.08. The van der Waals surface area contributed by atoms with Gasteiger partial charge < -0.3 is 4.90 Å². The van der Waals surface area contributed by atoms with Gasteiger partial charge in [0.1, 0.15) is 0 Å². The highest BCUT2D eigenvalue weighted by Crippen LogP contribution is 2.28. The fraction of sp³-hybridized carbons (Fsp3) is 0.375. The van der Waals surface area contributed by atoms with E-state index in [1.54, 1.807) is 15.6 Å². The Balaban J connectivity index is 1.43. The largest absolute Gasteiger partial charge is 0.345 e. The van der Waals surface area contributed by atoms with Gasteiger partial charge in [0, 0.05) is 38.0 Å². The molecule has 1 aliphatic rings. The van der Waals surface area contributed by atoms with Crippen molar-refractivity contribution in [3.05, 3.63) is 75.3 Å². The van der Waals surface area contributed by atoms with Crippen LogP contribution in [0.2, 0.25) is 0 Å².